The first-order valence-electron chi connectivity index (χ1n) is 10.1. The lowest BCUT2D eigenvalue weighted by Gasteiger charge is -2.32. The first-order chi connectivity index (χ1) is 13.6. The fraction of sp³-hybridized carbons (Fsp3) is 0.391. The number of piperidine rings is 1. The average molecular weight is 380 g/mol. The van der Waals surface area contributed by atoms with Crippen LogP contribution in [0, 0.1) is 5.92 Å². The molecule has 148 valence electrons. The molecule has 3 rings (SSSR count). The highest BCUT2D eigenvalue weighted by Crippen LogP contribution is 2.18. The van der Waals surface area contributed by atoms with Gasteiger partial charge in [0.2, 0.25) is 5.91 Å². The number of anilines is 1. The predicted molar refractivity (Wildman–Crippen MR) is 112 cm³/mol. The Morgan fingerprint density at radius 2 is 1.75 bits per heavy atom. The fourth-order valence-corrected chi connectivity index (χ4v) is 3.56. The maximum atomic E-state index is 12.7. The topological polar surface area (TPSA) is 61.4 Å². The van der Waals surface area contributed by atoms with Crippen LogP contribution in [-0.4, -0.2) is 36.0 Å². The van der Waals surface area contributed by atoms with Crippen LogP contribution in [0.15, 0.2) is 60.7 Å². The van der Waals surface area contributed by atoms with Crippen molar-refractivity contribution >= 4 is 17.6 Å². The molecule has 0 aliphatic carbocycles. The van der Waals surface area contributed by atoms with Gasteiger partial charge in [-0.25, -0.2) is 4.79 Å². The summed E-state index contributed by atoms with van der Waals surface area (Å²) in [6, 6.07) is 19.7. The number of nitrogens with zero attached hydrogens (tertiary/aromatic N) is 1. The molecule has 2 unspecified atom stereocenters. The lowest BCUT2D eigenvalue weighted by Crippen LogP contribution is -2.48. The molecule has 0 aromatic heterocycles. The Balaban J connectivity index is 1.46. The normalized spacial score (nSPS) is 17.6. The third-order valence-corrected chi connectivity index (χ3v) is 5.20. The Hall–Kier alpha value is -2.82. The van der Waals surface area contributed by atoms with Gasteiger partial charge in [0.1, 0.15) is 0 Å². The third-order valence-electron chi connectivity index (χ3n) is 5.20. The van der Waals surface area contributed by atoms with Crippen LogP contribution in [0.3, 0.4) is 0 Å². The fourth-order valence-electron chi connectivity index (χ4n) is 3.56. The molecule has 3 amide bonds. The van der Waals surface area contributed by atoms with Gasteiger partial charge in [0.15, 0.2) is 0 Å². The van der Waals surface area contributed by atoms with Crippen molar-refractivity contribution in [2.75, 3.05) is 18.4 Å². The molecule has 1 fully saturated rings. The minimum Gasteiger partial charge on any atom is -0.353 e. The SMILES string of the molecule is CC(CCc1ccccc1)NC(=O)C1CCCN(C(=O)Nc2ccccc2)C1. The molecule has 5 nitrogen and oxygen atoms in total. The molecule has 1 heterocycles. The molecule has 28 heavy (non-hydrogen) atoms. The van der Waals surface area contributed by atoms with Gasteiger partial charge >= 0.3 is 6.03 Å². The number of aryl methyl sites for hydroxylation is 1. The van der Waals surface area contributed by atoms with E-state index in [-0.39, 0.29) is 23.9 Å². The van der Waals surface area contributed by atoms with Crippen LogP contribution >= 0.6 is 0 Å². The monoisotopic (exact) mass is 379 g/mol. The first-order valence-corrected chi connectivity index (χ1v) is 10.1. The maximum absolute atomic E-state index is 12.7. The first kappa shape index (κ1) is 19.9. The molecule has 0 saturated carbocycles. The summed E-state index contributed by atoms with van der Waals surface area (Å²) in [6.45, 7) is 3.20. The molecule has 0 radical (unpaired) electrons. The highest BCUT2D eigenvalue weighted by Gasteiger charge is 2.29. The van der Waals surface area contributed by atoms with Crippen molar-refractivity contribution < 1.29 is 9.59 Å². The summed E-state index contributed by atoms with van der Waals surface area (Å²) in [5.74, 6) is -0.0905. The number of hydrogen-bond donors (Lipinski definition) is 2. The number of carbonyl (C=O) groups excluding carboxylic acids is 2. The van der Waals surface area contributed by atoms with Crippen molar-refractivity contribution in [3.63, 3.8) is 0 Å². The molecule has 5 heteroatoms. The molecule has 0 spiro atoms. The van der Waals surface area contributed by atoms with Crippen molar-refractivity contribution in [3.05, 3.63) is 66.2 Å². The highest BCUT2D eigenvalue weighted by atomic mass is 16.2. The number of amides is 3. The maximum Gasteiger partial charge on any atom is 0.321 e. The molecule has 2 aromatic carbocycles. The minimum atomic E-state index is -0.144. The van der Waals surface area contributed by atoms with Gasteiger partial charge in [-0.15, -0.1) is 0 Å². The number of benzene rings is 2. The smallest absolute Gasteiger partial charge is 0.321 e. The van der Waals surface area contributed by atoms with E-state index in [2.05, 4.69) is 22.8 Å². The van der Waals surface area contributed by atoms with Crippen LogP contribution < -0.4 is 10.6 Å². The van der Waals surface area contributed by atoms with Crippen molar-refractivity contribution in [1.29, 1.82) is 0 Å². The molecule has 0 bridgehead atoms. The molecule has 2 atom stereocenters. The standard InChI is InChI=1S/C23H29N3O2/c1-18(14-15-19-9-4-2-5-10-19)24-22(27)20-11-8-16-26(17-20)23(28)25-21-12-6-3-7-13-21/h2-7,9-10,12-13,18,20H,8,11,14-17H2,1H3,(H,24,27)(H,25,28). The van der Waals surface area contributed by atoms with Crippen molar-refractivity contribution in [3.8, 4) is 0 Å². The Kier molecular flexibility index (Phi) is 7.06. The number of hydrogen-bond acceptors (Lipinski definition) is 2. The number of likely N-dealkylation sites (tertiary alicyclic amines) is 1. The number of urea groups is 1. The zero-order chi connectivity index (χ0) is 19.8. The number of para-hydroxylation sites is 1. The predicted octanol–water partition coefficient (Wildman–Crippen LogP) is 4.07. The van der Waals surface area contributed by atoms with E-state index in [0.29, 0.717) is 13.1 Å². The van der Waals surface area contributed by atoms with Crippen LogP contribution in [0.5, 0.6) is 0 Å². The van der Waals surface area contributed by atoms with Crippen LogP contribution in [0.1, 0.15) is 31.7 Å². The van der Waals surface area contributed by atoms with Crippen molar-refractivity contribution in [2.45, 2.75) is 38.6 Å². The van der Waals surface area contributed by atoms with Gasteiger partial charge in [-0.2, -0.15) is 0 Å². The Labute approximate surface area is 167 Å². The van der Waals surface area contributed by atoms with Crippen molar-refractivity contribution in [2.24, 2.45) is 5.92 Å². The van der Waals surface area contributed by atoms with E-state index in [1.807, 2.05) is 55.5 Å². The Morgan fingerprint density at radius 3 is 2.46 bits per heavy atom. The third kappa shape index (κ3) is 5.84. The van der Waals surface area contributed by atoms with Gasteiger partial charge in [-0.1, -0.05) is 48.5 Å². The lowest BCUT2D eigenvalue weighted by atomic mass is 9.96. The molecule has 1 aliphatic heterocycles. The van der Waals surface area contributed by atoms with Gasteiger partial charge in [-0.3, -0.25) is 4.79 Å². The van der Waals surface area contributed by atoms with Crippen molar-refractivity contribution in [1.82, 2.24) is 10.2 Å². The Morgan fingerprint density at radius 1 is 1.07 bits per heavy atom. The minimum absolute atomic E-state index is 0.0535. The van der Waals surface area contributed by atoms with Crippen LogP contribution in [-0.2, 0) is 11.2 Å². The van der Waals surface area contributed by atoms with E-state index in [9.17, 15) is 9.59 Å². The van der Waals surface area contributed by atoms with Crippen LogP contribution in [0.25, 0.3) is 0 Å². The van der Waals surface area contributed by atoms with E-state index in [1.165, 1.54) is 5.56 Å². The largest absolute Gasteiger partial charge is 0.353 e. The quantitative estimate of drug-likeness (QED) is 0.795. The number of nitrogens with one attached hydrogen (secondary N) is 2. The van der Waals surface area contributed by atoms with E-state index < -0.39 is 0 Å². The molecule has 1 aliphatic rings. The summed E-state index contributed by atoms with van der Waals surface area (Å²) in [7, 11) is 0. The van der Waals surface area contributed by atoms with Crippen LogP contribution in [0.4, 0.5) is 10.5 Å². The van der Waals surface area contributed by atoms with Gasteiger partial charge in [-0.05, 0) is 50.3 Å². The van der Waals surface area contributed by atoms with E-state index in [4.69, 9.17) is 0 Å². The Bertz CT molecular complexity index is 764. The highest BCUT2D eigenvalue weighted by molar-refractivity contribution is 5.90. The molecular formula is C23H29N3O2. The van der Waals surface area contributed by atoms with Crippen LogP contribution in [0.2, 0.25) is 0 Å². The van der Waals surface area contributed by atoms with E-state index in [1.54, 1.807) is 4.90 Å². The van der Waals surface area contributed by atoms with E-state index >= 15 is 0 Å². The molecule has 1 saturated heterocycles. The zero-order valence-corrected chi connectivity index (χ0v) is 16.4. The second-order valence-electron chi connectivity index (χ2n) is 7.52. The van der Waals surface area contributed by atoms with Gasteiger partial charge < -0.3 is 15.5 Å². The lowest BCUT2D eigenvalue weighted by molar-refractivity contribution is -0.126. The number of carbonyl (C=O) groups is 2. The second-order valence-corrected chi connectivity index (χ2v) is 7.52. The van der Waals surface area contributed by atoms with E-state index in [0.717, 1.165) is 31.4 Å². The summed E-state index contributed by atoms with van der Waals surface area (Å²) < 4.78 is 0. The van der Waals surface area contributed by atoms with Gasteiger partial charge in [0, 0.05) is 24.8 Å². The summed E-state index contributed by atoms with van der Waals surface area (Å²) in [5, 5.41) is 6.04. The molecule has 2 N–H and O–H groups in total. The van der Waals surface area contributed by atoms with Gasteiger partial charge in [0.05, 0.1) is 5.92 Å². The summed E-state index contributed by atoms with van der Waals surface area (Å²) in [4.78, 5) is 26.9. The van der Waals surface area contributed by atoms with Gasteiger partial charge in [0.25, 0.3) is 0 Å². The summed E-state index contributed by atoms with van der Waals surface area (Å²) in [5.41, 5.74) is 2.05. The number of rotatable bonds is 6. The summed E-state index contributed by atoms with van der Waals surface area (Å²) in [6.07, 6.45) is 3.52. The second kappa shape index (κ2) is 9.93. The molecular weight excluding hydrogens is 350 g/mol. The summed E-state index contributed by atoms with van der Waals surface area (Å²) >= 11 is 0. The zero-order valence-electron chi connectivity index (χ0n) is 16.4. The average Bonchev–Trinajstić information content (AvgIpc) is 2.74. The molecule has 2 aromatic rings.